The zero-order valence-corrected chi connectivity index (χ0v) is 73.8. The number of carboxylic acids is 3. The van der Waals surface area contributed by atoms with Crippen LogP contribution in [0.25, 0.3) is 10.9 Å². The van der Waals surface area contributed by atoms with Crippen molar-refractivity contribution in [2.75, 3.05) is 104 Å². The number of aliphatic carboxylic acids is 3. The van der Waals surface area contributed by atoms with Crippen LogP contribution in [0.4, 0.5) is 0 Å². The maximum atomic E-state index is 14.9. The zero-order chi connectivity index (χ0) is 91.0. The average molecular weight is 1760 g/mol. The number of imidazole rings is 1. The Hall–Kier alpha value is -9.67. The Morgan fingerprint density at radius 1 is 0.597 bits per heavy atom. The molecule has 1 saturated heterocycles. The third-order valence-electron chi connectivity index (χ3n) is 26.3. The van der Waals surface area contributed by atoms with Gasteiger partial charge in [-0.25, -0.2) is 4.98 Å². The summed E-state index contributed by atoms with van der Waals surface area (Å²) in [6.07, 6.45) is 12.3. The summed E-state index contributed by atoms with van der Waals surface area (Å²) in [5.41, 5.74) is 18.1. The number of carbonyl (C=O) groups is 15. The van der Waals surface area contributed by atoms with E-state index in [1.54, 1.807) is 57.7 Å². The molecule has 2 aromatic heterocycles. The smallest absolute Gasteiger partial charge is 0.317 e. The maximum absolute atomic E-state index is 14.9. The van der Waals surface area contributed by atoms with Gasteiger partial charge in [0, 0.05) is 108 Å². The van der Waals surface area contributed by atoms with Crippen molar-refractivity contribution in [2.45, 2.75) is 213 Å². The maximum Gasteiger partial charge on any atom is 0.317 e. The first kappa shape index (κ1) is 99.8. The lowest BCUT2D eigenvalue weighted by molar-refractivity contribution is -0.170. The average Bonchev–Trinajstić information content (AvgIpc) is 1.43. The molecule has 0 radical (unpaired) electrons. The minimum Gasteiger partial charge on any atom is -0.480 e. The minimum absolute atomic E-state index is 0.0253. The fourth-order valence-electron chi connectivity index (χ4n) is 19.6. The van der Waals surface area contributed by atoms with Crippen LogP contribution >= 0.6 is 11.8 Å². The Morgan fingerprint density at radius 3 is 1.76 bits per heavy atom. The fourth-order valence-corrected chi connectivity index (χ4v) is 20.0. The number of aromatic amines is 1. The number of aliphatic hydroxyl groups excluding tert-OH is 1. The number of primary amides is 2. The predicted octanol–water partition coefficient (Wildman–Crippen LogP) is -0.510. The number of fused-ring (bicyclic) bond motifs is 6. The lowest BCUT2D eigenvalue weighted by Gasteiger charge is -2.62. The van der Waals surface area contributed by atoms with Crippen LogP contribution in [0.2, 0.25) is 0 Å². The Bertz CT molecular complexity index is 4190. The van der Waals surface area contributed by atoms with E-state index in [1.165, 1.54) is 42.0 Å². The Balaban J connectivity index is 0.878. The quantitative estimate of drug-likeness (QED) is 0.0339. The van der Waals surface area contributed by atoms with Gasteiger partial charge in [-0.3, -0.25) is 96.1 Å². The van der Waals surface area contributed by atoms with Crippen molar-refractivity contribution < 1.29 is 92.3 Å². The van der Waals surface area contributed by atoms with Crippen LogP contribution < -0.4 is 65.1 Å². The van der Waals surface area contributed by atoms with Gasteiger partial charge in [0.2, 0.25) is 70.9 Å². The van der Waals surface area contributed by atoms with E-state index < -0.39 is 149 Å². The molecule has 39 heteroatoms. The normalized spacial score (nSPS) is 24.2. The van der Waals surface area contributed by atoms with E-state index in [0.29, 0.717) is 53.1 Å². The van der Waals surface area contributed by atoms with Crippen LogP contribution in [-0.2, 0) is 80.0 Å². The number of benzene rings is 1. The summed E-state index contributed by atoms with van der Waals surface area (Å²) in [6.45, 7) is 14.9. The topological polar surface area (TPSA) is 570 Å². The van der Waals surface area contributed by atoms with Gasteiger partial charge >= 0.3 is 17.9 Å². The third-order valence-corrected chi connectivity index (χ3v) is 27.0. The second kappa shape index (κ2) is 46.5. The molecule has 0 bridgehead atoms. The second-order valence-electron chi connectivity index (χ2n) is 35.9. The molecule has 0 spiro atoms. The molecule has 5 aliphatic rings. The van der Waals surface area contributed by atoms with Crippen molar-refractivity contribution in [2.24, 2.45) is 75.4 Å². The highest BCUT2D eigenvalue weighted by molar-refractivity contribution is 7.98. The van der Waals surface area contributed by atoms with Crippen LogP contribution in [0.1, 0.15) is 161 Å². The van der Waals surface area contributed by atoms with Gasteiger partial charge in [0.15, 0.2) is 0 Å². The van der Waals surface area contributed by atoms with Crippen molar-refractivity contribution >= 4 is 111 Å². The van der Waals surface area contributed by atoms with E-state index in [9.17, 15) is 92.3 Å². The van der Waals surface area contributed by atoms with Crippen molar-refractivity contribution in [3.63, 3.8) is 0 Å². The van der Waals surface area contributed by atoms with E-state index >= 15 is 0 Å². The highest BCUT2D eigenvalue weighted by Crippen LogP contribution is 2.68. The summed E-state index contributed by atoms with van der Waals surface area (Å²) in [5, 5.41) is 66.9. The van der Waals surface area contributed by atoms with Gasteiger partial charge in [-0.15, -0.1) is 0 Å². The Labute approximate surface area is 728 Å². The van der Waals surface area contributed by atoms with Crippen LogP contribution in [0.15, 0.2) is 43.0 Å². The van der Waals surface area contributed by atoms with E-state index in [2.05, 4.69) is 78.6 Å². The first-order chi connectivity index (χ1) is 58.7. The summed E-state index contributed by atoms with van der Waals surface area (Å²) in [5.74, 6) is -10.2. The number of nitrogens with one attached hydrogen (secondary N) is 10. The van der Waals surface area contributed by atoms with Gasteiger partial charge in [0.05, 0.1) is 63.3 Å². The number of H-pyrrole nitrogens is 1. The highest BCUT2D eigenvalue weighted by atomic mass is 32.2. The molecular formula is C85H133N19O19S. The highest BCUT2D eigenvalue weighted by Gasteiger charge is 2.64. The standard InChI is InChI=1S/C85H133N19O19S/c1-48(2)34-63(80(120)97-62(77(88)117)23-33-124-9)98-81(121)65(37-55-39-89-47-92-55)96-71(109)41-91-82(122)76(49(3)4)99-78(118)51(6)93-79(119)64(35-52-42-104(66-13-11-10-12-56(52)66)83(123)61(86)19-20-68(87)106)95-69(107)21-14-50(5)58-17-18-59-57-16-15-53-36-54(22-24-84(53,7)60(57)38-67(105)85(58,59)8)94-70(108)40-90-72(110)43-100-25-27-101(44-73(111)112)29-31-103(46-75(115)116)32-30-102(28-26-100)45-74(113)114/h10-13,39,42,47-51,53-54,57-65,67,76,105H,14-38,40-41,43-46,86H2,1-9H3,(H2,87,106)(H2,88,117)(H,89,92)(H,90,110)(H,91,122)(H,93,119)(H,94,108)(H,95,107)(H,96,109)(H,97,120)(H,98,121)(H,99,118)(H,111,112)(H,113,114)(H,115,116)/t50-,51+,53-,54+,57?,58-,59?,60?,61+,62+,63+,64+,65+,67+,76+,84+,85-/m1/s1. The number of carboxylic acid groups (broad SMARTS) is 3. The number of thioether (sulfide) groups is 1. The number of nitrogens with two attached hydrogens (primary N) is 3. The molecule has 8 rings (SSSR count). The summed E-state index contributed by atoms with van der Waals surface area (Å²) < 4.78 is 1.33. The molecule has 3 unspecified atom stereocenters. The largest absolute Gasteiger partial charge is 0.480 e. The van der Waals surface area contributed by atoms with Gasteiger partial charge in [0.1, 0.15) is 36.3 Å². The molecule has 1 aliphatic heterocycles. The van der Waals surface area contributed by atoms with Gasteiger partial charge in [-0.1, -0.05) is 66.7 Å². The number of amides is 11. The van der Waals surface area contributed by atoms with Gasteiger partial charge in [0.25, 0.3) is 0 Å². The summed E-state index contributed by atoms with van der Waals surface area (Å²) >= 11 is 1.46. The monoisotopic (exact) mass is 1760 g/mol. The molecule has 3 heterocycles. The molecule has 38 nitrogen and oxygen atoms in total. The van der Waals surface area contributed by atoms with Gasteiger partial charge in [-0.2, -0.15) is 11.8 Å². The molecule has 3 aromatic rings. The first-order valence-corrected chi connectivity index (χ1v) is 44.9. The number of hydrogen-bond acceptors (Lipinski definition) is 23. The number of nitrogens with zero attached hydrogens (tertiary/aromatic N) is 6. The summed E-state index contributed by atoms with van der Waals surface area (Å²) in [4.78, 5) is 213. The number of rotatable bonds is 43. The van der Waals surface area contributed by atoms with Crippen molar-refractivity contribution in [1.82, 2.24) is 82.0 Å². The lowest BCUT2D eigenvalue weighted by atomic mass is 9.43. The molecule has 11 amide bonds. The van der Waals surface area contributed by atoms with Crippen LogP contribution in [-0.4, -0.2) is 301 Å². The zero-order valence-electron chi connectivity index (χ0n) is 73.0. The molecule has 4 saturated carbocycles. The third kappa shape index (κ3) is 28.2. The SMILES string of the molecule is CSCC[C@H](NC(=O)[C@H](CC(C)C)NC(=O)[C@H](Cc1cnc[nH]1)NC(=O)CNC(=O)[C@@H](NC(=O)[C@H](C)NC(=O)[C@H](Cc1cn(C(=O)[C@@H](N)CCC(N)=O)c2ccccc12)NC(=O)CC[C@@H](C)[C@H]1CCC2C3CC[C@@H]4C[C@@H](NC(=O)CNC(=O)CN5CCN(CC(=O)O)CCN(CC(=O)O)CCN(CC(=O)O)CC5)CC[C@]4(C)C3C[C@H](O)[C@@]21C)C(C)C)C(N)=O. The van der Waals surface area contributed by atoms with Gasteiger partial charge < -0.3 is 90.5 Å². The Morgan fingerprint density at radius 2 is 1.18 bits per heavy atom. The van der Waals surface area contributed by atoms with Crippen LogP contribution in [0, 0.1) is 58.2 Å². The number of carbonyl (C=O) groups excluding carboxylic acids is 12. The molecule has 1 aromatic carbocycles. The van der Waals surface area contributed by atoms with Gasteiger partial charge in [-0.05, 0) is 166 Å². The van der Waals surface area contributed by atoms with E-state index in [-0.39, 0.29) is 183 Å². The Kier molecular flexibility index (Phi) is 37.4. The molecule has 688 valence electrons. The first-order valence-electron chi connectivity index (χ1n) is 43.5. The molecule has 20 N–H and O–H groups in total. The molecular weight excluding hydrogens is 1620 g/mol. The number of para-hydroxylation sites is 1. The molecule has 124 heavy (non-hydrogen) atoms. The van der Waals surface area contributed by atoms with E-state index in [1.807, 2.05) is 20.1 Å². The molecule has 5 fully saturated rings. The van der Waals surface area contributed by atoms with E-state index in [4.69, 9.17) is 17.2 Å². The predicted molar refractivity (Wildman–Crippen MR) is 460 cm³/mol. The fraction of sp³-hybridized carbons (Fsp3) is 0.694. The van der Waals surface area contributed by atoms with Crippen molar-refractivity contribution in [3.8, 4) is 0 Å². The molecule has 4 aliphatic carbocycles. The summed E-state index contributed by atoms with van der Waals surface area (Å²) in [7, 11) is 0. The number of aliphatic hydroxyl groups is 1. The van der Waals surface area contributed by atoms with Crippen molar-refractivity contribution in [3.05, 3.63) is 54.2 Å². The number of aromatic nitrogens is 3. The van der Waals surface area contributed by atoms with Crippen molar-refractivity contribution in [1.29, 1.82) is 0 Å². The minimum atomic E-state index is -1.37. The van der Waals surface area contributed by atoms with Crippen LogP contribution in [0.5, 0.6) is 0 Å². The second-order valence-corrected chi connectivity index (χ2v) is 36.9. The van der Waals surface area contributed by atoms with E-state index in [0.717, 1.165) is 38.5 Å². The number of hydrogen-bond donors (Lipinski definition) is 17. The molecule has 17 atom stereocenters. The van der Waals surface area contributed by atoms with Crippen LogP contribution in [0.3, 0.4) is 0 Å². The lowest BCUT2D eigenvalue weighted by Crippen LogP contribution is -2.59. The summed E-state index contributed by atoms with van der Waals surface area (Å²) in [6, 6.07) is -1.84.